The van der Waals surface area contributed by atoms with Crippen molar-refractivity contribution in [1.82, 2.24) is 0 Å². The molecule has 2 nitrogen and oxygen atoms in total. The highest BCUT2D eigenvalue weighted by Crippen LogP contribution is 2.20. The highest BCUT2D eigenvalue weighted by atomic mass is 19.1. The molecule has 0 amide bonds. The average Bonchev–Trinajstić information content (AvgIpc) is 2.46. The minimum Gasteiger partial charge on any atom is -0.367 e. The van der Waals surface area contributed by atoms with Crippen molar-refractivity contribution in [1.29, 1.82) is 0 Å². The zero-order chi connectivity index (χ0) is 14.5. The van der Waals surface area contributed by atoms with Crippen molar-refractivity contribution in [3.8, 4) is 0 Å². The molecular weight excluding hydrogens is 251 g/mol. The van der Waals surface area contributed by atoms with Crippen LogP contribution < -0.4 is 10.6 Å². The zero-order valence-corrected chi connectivity index (χ0v) is 12.1. The van der Waals surface area contributed by atoms with E-state index in [2.05, 4.69) is 36.9 Å². The van der Waals surface area contributed by atoms with E-state index in [9.17, 15) is 4.39 Å². The van der Waals surface area contributed by atoms with Gasteiger partial charge >= 0.3 is 0 Å². The predicted molar refractivity (Wildman–Crippen MR) is 82.2 cm³/mol. The number of hydrogen-bond donors (Lipinski definition) is 1. The van der Waals surface area contributed by atoms with E-state index in [1.165, 1.54) is 11.6 Å². The van der Waals surface area contributed by atoms with Crippen molar-refractivity contribution in [2.24, 2.45) is 5.73 Å². The molecular formula is C17H21FN2. The Morgan fingerprint density at radius 1 is 1.15 bits per heavy atom. The summed E-state index contributed by atoms with van der Waals surface area (Å²) in [6.45, 7) is 5.96. The first kappa shape index (κ1) is 14.5. The number of halogens is 1. The summed E-state index contributed by atoms with van der Waals surface area (Å²) in [6, 6.07) is 13.4. The van der Waals surface area contributed by atoms with E-state index in [1.807, 2.05) is 12.1 Å². The second-order valence-corrected chi connectivity index (χ2v) is 4.98. The number of aryl methyl sites for hydroxylation is 1. The van der Waals surface area contributed by atoms with Crippen LogP contribution in [0.4, 0.5) is 10.1 Å². The first-order chi connectivity index (χ1) is 9.63. The third-order valence-electron chi connectivity index (χ3n) is 3.46. The lowest BCUT2D eigenvalue weighted by Gasteiger charge is -2.24. The van der Waals surface area contributed by atoms with E-state index in [1.54, 1.807) is 6.07 Å². The van der Waals surface area contributed by atoms with Gasteiger partial charge in [-0.05, 0) is 49.2 Å². The molecule has 0 fully saturated rings. The van der Waals surface area contributed by atoms with Crippen LogP contribution in [0.25, 0.3) is 0 Å². The third-order valence-corrected chi connectivity index (χ3v) is 3.46. The standard InChI is InChI=1S/C17H21FN2/c1-3-20(16-6-4-5-13(2)9-16)12-15-10-14(11-19)7-8-17(15)18/h4-10H,3,11-12,19H2,1-2H3. The molecule has 0 unspecified atom stereocenters. The van der Waals surface area contributed by atoms with E-state index >= 15 is 0 Å². The van der Waals surface area contributed by atoms with Gasteiger partial charge in [0.2, 0.25) is 0 Å². The summed E-state index contributed by atoms with van der Waals surface area (Å²) in [7, 11) is 0. The molecule has 0 saturated carbocycles. The molecule has 0 radical (unpaired) electrons. The van der Waals surface area contributed by atoms with Gasteiger partial charge in [-0.3, -0.25) is 0 Å². The monoisotopic (exact) mass is 272 g/mol. The van der Waals surface area contributed by atoms with Gasteiger partial charge in [0.05, 0.1) is 0 Å². The number of hydrogen-bond acceptors (Lipinski definition) is 2. The molecule has 20 heavy (non-hydrogen) atoms. The Balaban J connectivity index is 2.26. The summed E-state index contributed by atoms with van der Waals surface area (Å²) < 4.78 is 13.9. The molecule has 2 aromatic rings. The Hall–Kier alpha value is -1.87. The van der Waals surface area contributed by atoms with Crippen LogP contribution in [0.15, 0.2) is 42.5 Å². The number of anilines is 1. The molecule has 0 aromatic heterocycles. The lowest BCUT2D eigenvalue weighted by atomic mass is 10.1. The van der Waals surface area contributed by atoms with Crippen LogP contribution in [0.3, 0.4) is 0 Å². The van der Waals surface area contributed by atoms with Gasteiger partial charge in [-0.25, -0.2) is 4.39 Å². The number of benzene rings is 2. The Bertz CT molecular complexity index is 581. The van der Waals surface area contributed by atoms with Gasteiger partial charge < -0.3 is 10.6 Å². The second kappa shape index (κ2) is 6.53. The third kappa shape index (κ3) is 3.36. The number of nitrogens with two attached hydrogens (primary N) is 1. The maximum Gasteiger partial charge on any atom is 0.128 e. The van der Waals surface area contributed by atoms with Crippen molar-refractivity contribution >= 4 is 5.69 Å². The van der Waals surface area contributed by atoms with Gasteiger partial charge in [-0.2, -0.15) is 0 Å². The van der Waals surface area contributed by atoms with Gasteiger partial charge in [0.1, 0.15) is 5.82 Å². The van der Waals surface area contributed by atoms with Crippen LogP contribution in [-0.2, 0) is 13.1 Å². The van der Waals surface area contributed by atoms with Gasteiger partial charge in [-0.15, -0.1) is 0 Å². The van der Waals surface area contributed by atoms with Crippen molar-refractivity contribution in [2.45, 2.75) is 26.9 Å². The van der Waals surface area contributed by atoms with Crippen LogP contribution in [0, 0.1) is 12.7 Å². The summed E-state index contributed by atoms with van der Waals surface area (Å²) in [4.78, 5) is 2.16. The number of rotatable bonds is 5. The van der Waals surface area contributed by atoms with Crippen LogP contribution in [-0.4, -0.2) is 6.54 Å². The minimum atomic E-state index is -0.173. The minimum absolute atomic E-state index is 0.173. The summed E-state index contributed by atoms with van der Waals surface area (Å²) in [5.74, 6) is -0.173. The summed E-state index contributed by atoms with van der Waals surface area (Å²) in [6.07, 6.45) is 0. The highest BCUT2D eigenvalue weighted by molar-refractivity contribution is 5.49. The topological polar surface area (TPSA) is 29.3 Å². The fourth-order valence-electron chi connectivity index (χ4n) is 2.29. The predicted octanol–water partition coefficient (Wildman–Crippen LogP) is 3.62. The fourth-order valence-corrected chi connectivity index (χ4v) is 2.29. The van der Waals surface area contributed by atoms with Gasteiger partial charge in [0.25, 0.3) is 0 Å². The van der Waals surface area contributed by atoms with Gasteiger partial charge in [0.15, 0.2) is 0 Å². The van der Waals surface area contributed by atoms with E-state index in [4.69, 9.17) is 5.73 Å². The molecule has 106 valence electrons. The van der Waals surface area contributed by atoms with Crippen LogP contribution in [0.5, 0.6) is 0 Å². The lowest BCUT2D eigenvalue weighted by molar-refractivity contribution is 0.604. The summed E-state index contributed by atoms with van der Waals surface area (Å²) in [5.41, 5.74) is 9.60. The molecule has 0 aliphatic carbocycles. The van der Waals surface area contributed by atoms with Crippen molar-refractivity contribution in [3.05, 3.63) is 65.0 Å². The smallest absolute Gasteiger partial charge is 0.128 e. The fraction of sp³-hybridized carbons (Fsp3) is 0.294. The van der Waals surface area contributed by atoms with E-state index in [0.717, 1.165) is 17.8 Å². The molecule has 2 rings (SSSR count). The SMILES string of the molecule is CCN(Cc1cc(CN)ccc1F)c1cccc(C)c1. The van der Waals surface area contributed by atoms with Crippen LogP contribution >= 0.6 is 0 Å². The van der Waals surface area contributed by atoms with Gasteiger partial charge in [-0.1, -0.05) is 18.2 Å². The van der Waals surface area contributed by atoms with Crippen molar-refractivity contribution in [2.75, 3.05) is 11.4 Å². The van der Waals surface area contributed by atoms with E-state index < -0.39 is 0 Å². The van der Waals surface area contributed by atoms with Crippen LogP contribution in [0.1, 0.15) is 23.6 Å². The zero-order valence-electron chi connectivity index (χ0n) is 12.1. The maximum atomic E-state index is 13.9. The van der Waals surface area contributed by atoms with E-state index in [-0.39, 0.29) is 5.82 Å². The lowest BCUT2D eigenvalue weighted by Crippen LogP contribution is -2.22. The maximum absolute atomic E-state index is 13.9. The molecule has 0 heterocycles. The molecule has 0 bridgehead atoms. The second-order valence-electron chi connectivity index (χ2n) is 4.98. The molecule has 0 aliphatic rings. The molecule has 0 saturated heterocycles. The van der Waals surface area contributed by atoms with Crippen molar-refractivity contribution < 1.29 is 4.39 Å². The van der Waals surface area contributed by atoms with E-state index in [0.29, 0.717) is 18.7 Å². The average molecular weight is 272 g/mol. The van der Waals surface area contributed by atoms with Crippen LogP contribution in [0.2, 0.25) is 0 Å². The Morgan fingerprint density at radius 3 is 2.60 bits per heavy atom. The normalized spacial score (nSPS) is 10.6. The number of nitrogens with zero attached hydrogens (tertiary/aromatic N) is 1. The molecule has 0 aliphatic heterocycles. The molecule has 0 atom stereocenters. The first-order valence-corrected chi connectivity index (χ1v) is 6.93. The highest BCUT2D eigenvalue weighted by Gasteiger charge is 2.09. The quantitative estimate of drug-likeness (QED) is 0.900. The van der Waals surface area contributed by atoms with Crippen molar-refractivity contribution in [3.63, 3.8) is 0 Å². The first-order valence-electron chi connectivity index (χ1n) is 6.93. The molecule has 0 spiro atoms. The summed E-state index contributed by atoms with van der Waals surface area (Å²) in [5, 5.41) is 0. The Labute approximate surface area is 120 Å². The molecule has 2 aromatic carbocycles. The Morgan fingerprint density at radius 2 is 1.95 bits per heavy atom. The largest absolute Gasteiger partial charge is 0.367 e. The molecule has 2 N–H and O–H groups in total. The Kier molecular flexibility index (Phi) is 4.74. The van der Waals surface area contributed by atoms with Gasteiger partial charge in [0, 0.05) is 30.9 Å². The molecule has 3 heteroatoms. The summed E-state index contributed by atoms with van der Waals surface area (Å²) >= 11 is 0.